The van der Waals surface area contributed by atoms with E-state index >= 15 is 0 Å². The Labute approximate surface area is 364 Å². The van der Waals surface area contributed by atoms with E-state index in [2.05, 4.69) is 33.8 Å². The fourth-order valence-corrected chi connectivity index (χ4v) is 6.78. The number of fused-ring (bicyclic) bond motifs is 2. The van der Waals surface area contributed by atoms with E-state index in [1.807, 2.05) is 31.2 Å². The van der Waals surface area contributed by atoms with Gasteiger partial charge in [0.15, 0.2) is 5.60 Å². The van der Waals surface area contributed by atoms with Gasteiger partial charge in [-0.1, -0.05) is 77.4 Å². The van der Waals surface area contributed by atoms with E-state index in [-0.39, 0.29) is 24.7 Å². The molecular weight excluding hydrogens is 799 g/mol. The van der Waals surface area contributed by atoms with E-state index in [0.29, 0.717) is 33.3 Å². The van der Waals surface area contributed by atoms with Crippen molar-refractivity contribution in [2.24, 2.45) is 0 Å². The topological polar surface area (TPSA) is 94.7 Å². The molecule has 0 saturated heterocycles. The van der Waals surface area contributed by atoms with Crippen LogP contribution in [-0.2, 0) is 22.0 Å². The number of para-hydroxylation sites is 4. The maximum absolute atomic E-state index is 13.9. The van der Waals surface area contributed by atoms with E-state index in [0.717, 1.165) is 23.3 Å². The van der Waals surface area contributed by atoms with Crippen LogP contribution in [0.4, 0.5) is 35.1 Å². The Morgan fingerprint density at radius 1 is 0.705 bits per heavy atom. The number of aromatic amines is 2. The van der Waals surface area contributed by atoms with Crippen molar-refractivity contribution in [2.45, 2.75) is 116 Å². The molecule has 0 saturated carbocycles. The number of Topliss-reactive ketones (excluding diaryl/α,β-unsaturated/α-hetero) is 1. The number of rotatable bonds is 9. The molecule has 0 bridgehead atoms. The quantitative estimate of drug-likeness (QED) is 0.0768. The third-order valence-electron chi connectivity index (χ3n) is 9.80. The summed E-state index contributed by atoms with van der Waals surface area (Å²) in [5.41, 5.74) is 0.255. The van der Waals surface area contributed by atoms with Crippen LogP contribution < -0.4 is 18.9 Å². The maximum atomic E-state index is 13.9. The first kappa shape index (κ1) is 52.6. The fourth-order valence-electron chi connectivity index (χ4n) is 6.78. The number of ketones is 1. The number of nitrogens with one attached hydrogen (secondary N) is 2. The van der Waals surface area contributed by atoms with Gasteiger partial charge in [-0.25, -0.2) is 18.7 Å². The van der Waals surface area contributed by atoms with Crippen molar-refractivity contribution in [3.05, 3.63) is 137 Å². The van der Waals surface area contributed by atoms with E-state index in [1.54, 1.807) is 52.0 Å². The second kappa shape index (κ2) is 21.5. The van der Waals surface area contributed by atoms with Crippen molar-refractivity contribution < 1.29 is 63.9 Å². The second-order valence-electron chi connectivity index (χ2n) is 16.1. The molecule has 0 aliphatic carbocycles. The maximum Gasteiger partial charge on any atom is 1.00 e. The summed E-state index contributed by atoms with van der Waals surface area (Å²) in [6.07, 6.45) is -9.50. The Morgan fingerprint density at radius 3 is 1.57 bits per heavy atom. The van der Waals surface area contributed by atoms with Crippen LogP contribution in [0.25, 0.3) is 22.1 Å². The minimum absolute atomic E-state index is 0. The number of aryl methyl sites for hydroxylation is 3. The van der Waals surface area contributed by atoms with Crippen LogP contribution in [0.5, 0.6) is 0 Å². The minimum Gasteiger partial charge on any atom is -0.380 e. The van der Waals surface area contributed by atoms with Gasteiger partial charge in [-0.15, -0.1) is 0 Å². The SMILES string of the molecule is Cc1ccc(F)cc1C(C)(C)CC(=O)C(F)(F)F.Cc1ccc(F)cc1C(C)(C)CC(O)(Cc1nc2ccccc2[nH]1)C(F)(F)F.Cc1nc2ccccc2[nH]1.[CH2-]CCC.[Li+]. The third kappa shape index (κ3) is 14.8. The molecular formula is C46H53F8LiN4O2. The molecule has 15 heteroatoms. The zero-order valence-electron chi connectivity index (χ0n) is 36.1. The Bertz CT molecular complexity index is 2260. The number of halogens is 8. The van der Waals surface area contributed by atoms with Gasteiger partial charge in [-0.2, -0.15) is 32.8 Å². The number of alkyl halides is 6. The number of imidazole rings is 2. The number of carbonyl (C=O) groups excluding carboxylic acids is 1. The predicted molar refractivity (Wildman–Crippen MR) is 221 cm³/mol. The fraction of sp³-hybridized carbons (Fsp3) is 0.391. The molecule has 0 aliphatic rings. The third-order valence-corrected chi connectivity index (χ3v) is 9.80. The largest absolute Gasteiger partial charge is 1.00 e. The Kier molecular flexibility index (Phi) is 18.6. The van der Waals surface area contributed by atoms with Gasteiger partial charge in [0.25, 0.3) is 0 Å². The van der Waals surface area contributed by atoms with Crippen molar-refractivity contribution in [2.75, 3.05) is 0 Å². The number of unbranched alkanes of at least 4 members (excludes halogenated alkanes) is 1. The van der Waals surface area contributed by atoms with Crippen molar-refractivity contribution in [1.82, 2.24) is 19.9 Å². The smallest absolute Gasteiger partial charge is 0.380 e. The number of benzene rings is 4. The summed E-state index contributed by atoms with van der Waals surface area (Å²) >= 11 is 0. The van der Waals surface area contributed by atoms with Crippen LogP contribution in [-0.4, -0.2) is 48.8 Å². The molecule has 0 aliphatic heterocycles. The minimum atomic E-state index is -4.88. The van der Waals surface area contributed by atoms with Gasteiger partial charge in [-0.3, -0.25) is 4.79 Å². The van der Waals surface area contributed by atoms with Gasteiger partial charge in [-0.05, 0) is 109 Å². The average Bonchev–Trinajstić information content (AvgIpc) is 3.74. The van der Waals surface area contributed by atoms with Gasteiger partial charge in [0.2, 0.25) is 5.78 Å². The van der Waals surface area contributed by atoms with Crippen LogP contribution in [0, 0.1) is 39.3 Å². The number of aliphatic hydroxyl groups is 1. The van der Waals surface area contributed by atoms with Crippen LogP contribution in [0.2, 0.25) is 0 Å². The van der Waals surface area contributed by atoms with E-state index in [1.165, 1.54) is 56.7 Å². The average molecular weight is 853 g/mol. The molecule has 6 rings (SSSR count). The Balaban J connectivity index is 0.000000330. The molecule has 4 aromatic carbocycles. The van der Waals surface area contributed by atoms with E-state index in [4.69, 9.17) is 0 Å². The first-order valence-corrected chi connectivity index (χ1v) is 19.3. The molecule has 326 valence electrons. The van der Waals surface area contributed by atoms with Gasteiger partial charge < -0.3 is 22.0 Å². The Morgan fingerprint density at radius 2 is 1.15 bits per heavy atom. The van der Waals surface area contributed by atoms with Crippen LogP contribution >= 0.6 is 0 Å². The molecule has 2 aromatic heterocycles. The number of H-pyrrole nitrogens is 2. The monoisotopic (exact) mass is 852 g/mol. The Hall–Kier alpha value is -4.51. The summed E-state index contributed by atoms with van der Waals surface area (Å²) in [5.74, 6) is -1.82. The zero-order chi connectivity index (χ0) is 45.3. The summed E-state index contributed by atoms with van der Waals surface area (Å²) in [6.45, 7) is 17.2. The number of carbonyl (C=O) groups is 1. The molecule has 3 N–H and O–H groups in total. The standard InChI is InChI=1S/C21H22F4N2O.C13H14F4O.C8H8N2.C4H9.Li/c1-13-8-9-14(22)10-15(13)19(2,3)12-20(28,21(23,24)25)11-18-26-16-6-4-5-7-17(16)27-18;1-8-4-5-9(14)6-10(8)12(2,3)7-11(18)13(15,16)17;1-6-9-7-4-2-3-5-8(7)10-6;1-3-4-2;/h4-10,28H,11-12H2,1-3H3,(H,26,27);4-6H,7H2,1-3H3;2-5H,1H3,(H,9,10);1,3-4H2,2H3;/q;;;-1;+1. The van der Waals surface area contributed by atoms with Gasteiger partial charge in [0.1, 0.15) is 23.3 Å². The van der Waals surface area contributed by atoms with Crippen LogP contribution in [0.3, 0.4) is 0 Å². The van der Waals surface area contributed by atoms with Crippen LogP contribution in [0.1, 0.15) is 94.2 Å². The van der Waals surface area contributed by atoms with Crippen molar-refractivity contribution in [1.29, 1.82) is 0 Å². The predicted octanol–water partition coefficient (Wildman–Crippen LogP) is 9.64. The van der Waals surface area contributed by atoms with Gasteiger partial charge in [0, 0.05) is 12.8 Å². The van der Waals surface area contributed by atoms with Crippen LogP contribution in [0.15, 0.2) is 84.9 Å². The first-order chi connectivity index (χ1) is 27.7. The van der Waals surface area contributed by atoms with Crippen molar-refractivity contribution >= 4 is 27.9 Å². The number of aromatic nitrogens is 4. The number of hydrogen-bond donors (Lipinski definition) is 3. The normalized spacial score (nSPS) is 12.8. The molecule has 1 unspecified atom stereocenters. The second-order valence-corrected chi connectivity index (χ2v) is 16.1. The summed E-state index contributed by atoms with van der Waals surface area (Å²) in [5, 5.41) is 10.7. The molecule has 6 aromatic rings. The number of hydrogen-bond acceptors (Lipinski definition) is 4. The first-order valence-electron chi connectivity index (χ1n) is 19.3. The molecule has 1 atom stereocenters. The van der Waals surface area contributed by atoms with E-state index in [9.17, 15) is 45.0 Å². The zero-order valence-corrected chi connectivity index (χ0v) is 36.1. The molecule has 0 spiro atoms. The van der Waals surface area contributed by atoms with Crippen molar-refractivity contribution in [3.63, 3.8) is 0 Å². The summed E-state index contributed by atoms with van der Waals surface area (Å²) in [7, 11) is 0. The van der Waals surface area contributed by atoms with Gasteiger partial charge >= 0.3 is 31.2 Å². The van der Waals surface area contributed by atoms with E-state index < -0.39 is 65.5 Å². The molecule has 0 radical (unpaired) electrons. The van der Waals surface area contributed by atoms with Crippen molar-refractivity contribution in [3.8, 4) is 0 Å². The molecule has 0 amide bonds. The number of nitrogens with zero attached hydrogens (tertiary/aromatic N) is 2. The molecule has 0 fully saturated rings. The summed E-state index contributed by atoms with van der Waals surface area (Å²) in [4.78, 5) is 25.4. The molecule has 61 heavy (non-hydrogen) atoms. The van der Waals surface area contributed by atoms with Gasteiger partial charge in [0.05, 0.1) is 22.1 Å². The summed E-state index contributed by atoms with van der Waals surface area (Å²) in [6, 6.07) is 22.8. The molecule has 2 heterocycles. The molecule has 6 nitrogen and oxygen atoms in total. The summed E-state index contributed by atoms with van der Waals surface area (Å²) < 4.78 is 105.